The van der Waals surface area contributed by atoms with Crippen molar-refractivity contribution in [1.29, 1.82) is 0 Å². The van der Waals surface area contributed by atoms with E-state index in [1.54, 1.807) is 13.8 Å². The zero-order valence-corrected chi connectivity index (χ0v) is 9.58. The molecule has 0 aliphatic carbocycles. The first-order valence-corrected chi connectivity index (χ1v) is 4.70. The Balaban J connectivity index is 2.85. The molecule has 0 aliphatic rings. The van der Waals surface area contributed by atoms with Gasteiger partial charge in [0.25, 0.3) is 0 Å². The Bertz CT molecular complexity index is 422. The first-order valence-electron chi connectivity index (χ1n) is 4.70. The number of hydrogen-bond acceptors (Lipinski definition) is 7. The fourth-order valence-corrected chi connectivity index (χ4v) is 1.12. The molecule has 0 aliphatic heterocycles. The number of nitrogens with zero attached hydrogens (tertiary/aromatic N) is 5. The maximum Gasteiger partial charge on any atom is 0.473 e. The van der Waals surface area contributed by atoms with E-state index < -0.39 is 22.1 Å². The van der Waals surface area contributed by atoms with E-state index in [0.29, 0.717) is 11.6 Å². The van der Waals surface area contributed by atoms with Crippen LogP contribution in [0.15, 0.2) is 0 Å². The number of nitro groups is 2. The van der Waals surface area contributed by atoms with Gasteiger partial charge in [0.15, 0.2) is 6.54 Å². The van der Waals surface area contributed by atoms with Crippen molar-refractivity contribution in [3.63, 3.8) is 0 Å². The number of aromatic nitrogens is 3. The molecule has 0 unspecified atom stereocenters. The summed E-state index contributed by atoms with van der Waals surface area (Å²) in [7, 11) is 0. The lowest BCUT2D eigenvalue weighted by Gasteiger charge is -2.15. The average molecular weight is 244 g/mol. The lowest BCUT2D eigenvalue weighted by atomic mass is 10.2. The van der Waals surface area contributed by atoms with Gasteiger partial charge in [-0.3, -0.25) is 20.2 Å². The van der Waals surface area contributed by atoms with E-state index in [-0.39, 0.29) is 0 Å². The van der Waals surface area contributed by atoms with Gasteiger partial charge in [-0.25, -0.2) is 4.68 Å². The lowest BCUT2D eigenvalue weighted by molar-refractivity contribution is -0.787. The van der Waals surface area contributed by atoms with E-state index >= 15 is 0 Å². The zero-order valence-electron chi connectivity index (χ0n) is 9.58. The SMILES string of the molecule is Cc1nnc(C)n1NCC(C)([N+](=O)[O-])[N+](=O)[O-]. The van der Waals surface area contributed by atoms with Gasteiger partial charge in [0.05, 0.1) is 6.92 Å². The summed E-state index contributed by atoms with van der Waals surface area (Å²) in [6.45, 7) is 3.73. The van der Waals surface area contributed by atoms with Crippen LogP contribution in [0.2, 0.25) is 0 Å². The van der Waals surface area contributed by atoms with Gasteiger partial charge in [-0.15, -0.1) is 10.2 Å². The Labute approximate surface area is 95.9 Å². The fraction of sp³-hybridized carbons (Fsp3) is 0.714. The van der Waals surface area contributed by atoms with Crippen molar-refractivity contribution in [2.45, 2.75) is 26.4 Å². The Kier molecular flexibility index (Phi) is 3.25. The van der Waals surface area contributed by atoms with Crippen LogP contribution in [-0.4, -0.2) is 36.9 Å². The molecular formula is C7H12N6O4. The molecule has 0 aromatic carbocycles. The van der Waals surface area contributed by atoms with Crippen molar-refractivity contribution in [2.75, 3.05) is 12.0 Å². The summed E-state index contributed by atoms with van der Waals surface area (Å²) >= 11 is 0. The Morgan fingerprint density at radius 3 is 2.00 bits per heavy atom. The van der Waals surface area contributed by atoms with Gasteiger partial charge in [0.1, 0.15) is 21.5 Å². The molecule has 0 atom stereocenters. The minimum absolute atomic E-state index is 0.466. The van der Waals surface area contributed by atoms with Crippen LogP contribution in [0, 0.1) is 34.1 Å². The molecule has 1 rings (SSSR count). The molecule has 10 nitrogen and oxygen atoms in total. The third kappa shape index (κ3) is 2.29. The summed E-state index contributed by atoms with van der Waals surface area (Å²) in [6, 6.07) is 0. The molecule has 0 amide bonds. The van der Waals surface area contributed by atoms with Crippen molar-refractivity contribution in [2.24, 2.45) is 0 Å². The normalized spacial score (nSPS) is 11.2. The van der Waals surface area contributed by atoms with E-state index in [4.69, 9.17) is 0 Å². The number of aryl methyl sites for hydroxylation is 2. The monoisotopic (exact) mass is 244 g/mol. The molecular weight excluding hydrogens is 232 g/mol. The topological polar surface area (TPSA) is 129 Å². The van der Waals surface area contributed by atoms with E-state index in [2.05, 4.69) is 15.6 Å². The van der Waals surface area contributed by atoms with Crippen LogP contribution in [0.3, 0.4) is 0 Å². The molecule has 0 bridgehead atoms. The molecule has 1 N–H and O–H groups in total. The molecule has 0 saturated heterocycles. The molecule has 1 aromatic heterocycles. The van der Waals surface area contributed by atoms with E-state index in [9.17, 15) is 20.2 Å². The highest BCUT2D eigenvalue weighted by Gasteiger charge is 2.50. The second-order valence-electron chi connectivity index (χ2n) is 3.70. The Morgan fingerprint density at radius 1 is 1.24 bits per heavy atom. The highest BCUT2D eigenvalue weighted by Crippen LogP contribution is 2.09. The third-order valence-corrected chi connectivity index (χ3v) is 2.35. The van der Waals surface area contributed by atoms with Crippen LogP contribution >= 0.6 is 0 Å². The quantitative estimate of drug-likeness (QED) is 0.427. The van der Waals surface area contributed by atoms with Crippen LogP contribution in [0.4, 0.5) is 0 Å². The molecule has 1 heterocycles. The lowest BCUT2D eigenvalue weighted by Crippen LogP contribution is -2.50. The second kappa shape index (κ2) is 4.31. The van der Waals surface area contributed by atoms with E-state index in [1.165, 1.54) is 4.68 Å². The predicted octanol–water partition coefficient (Wildman–Crippen LogP) is -0.292. The molecule has 94 valence electrons. The first kappa shape index (κ1) is 12.8. The molecule has 0 saturated carbocycles. The average Bonchev–Trinajstić information content (AvgIpc) is 2.55. The largest absolute Gasteiger partial charge is 0.473 e. The van der Waals surface area contributed by atoms with E-state index in [0.717, 1.165) is 6.92 Å². The maximum atomic E-state index is 10.7. The van der Waals surface area contributed by atoms with Crippen molar-refractivity contribution >= 4 is 0 Å². The van der Waals surface area contributed by atoms with Crippen molar-refractivity contribution in [3.05, 3.63) is 31.9 Å². The van der Waals surface area contributed by atoms with Crippen molar-refractivity contribution < 1.29 is 9.85 Å². The number of hydrogen-bond donors (Lipinski definition) is 1. The van der Waals surface area contributed by atoms with Crippen LogP contribution < -0.4 is 5.43 Å². The van der Waals surface area contributed by atoms with Crippen LogP contribution in [0.1, 0.15) is 18.6 Å². The summed E-state index contributed by atoms with van der Waals surface area (Å²) in [5, 5.41) is 28.8. The second-order valence-corrected chi connectivity index (χ2v) is 3.70. The summed E-state index contributed by atoms with van der Waals surface area (Å²) in [5.41, 5.74) is 0.284. The van der Waals surface area contributed by atoms with Crippen molar-refractivity contribution in [1.82, 2.24) is 14.9 Å². The van der Waals surface area contributed by atoms with Gasteiger partial charge in [-0.1, -0.05) is 0 Å². The summed E-state index contributed by atoms with van der Waals surface area (Å²) in [6.07, 6.45) is 0. The standard InChI is InChI=1S/C7H12N6O4/c1-5-9-10-6(2)11(5)8-4-7(3,12(14)15)13(16)17/h8H,4H2,1-3H3. The fourth-order valence-electron chi connectivity index (χ4n) is 1.12. The zero-order chi connectivity index (χ0) is 13.2. The molecule has 0 radical (unpaired) electrons. The molecule has 1 aromatic rings. The summed E-state index contributed by atoms with van der Waals surface area (Å²) < 4.78 is 1.37. The van der Waals surface area contributed by atoms with Gasteiger partial charge < -0.3 is 5.43 Å². The first-order chi connectivity index (χ1) is 7.79. The van der Waals surface area contributed by atoms with Gasteiger partial charge in [0.2, 0.25) is 0 Å². The van der Waals surface area contributed by atoms with Crippen LogP contribution in [-0.2, 0) is 0 Å². The minimum atomic E-state index is -2.29. The van der Waals surface area contributed by atoms with Gasteiger partial charge >= 0.3 is 5.66 Å². The smallest absolute Gasteiger partial charge is 0.308 e. The maximum absolute atomic E-state index is 10.7. The molecule has 0 spiro atoms. The molecule has 0 fully saturated rings. The van der Waals surface area contributed by atoms with E-state index in [1.807, 2.05) is 0 Å². The Morgan fingerprint density at radius 2 is 1.65 bits per heavy atom. The highest BCUT2D eigenvalue weighted by atomic mass is 16.7. The predicted molar refractivity (Wildman–Crippen MR) is 56.1 cm³/mol. The van der Waals surface area contributed by atoms with Gasteiger partial charge in [-0.2, -0.15) is 0 Å². The number of rotatable bonds is 5. The summed E-state index contributed by atoms with van der Waals surface area (Å²) in [5.74, 6) is 0.938. The highest BCUT2D eigenvalue weighted by molar-refractivity contribution is 4.95. The van der Waals surface area contributed by atoms with Crippen molar-refractivity contribution in [3.8, 4) is 0 Å². The Hall–Kier alpha value is -2.26. The minimum Gasteiger partial charge on any atom is -0.308 e. The van der Waals surface area contributed by atoms with Gasteiger partial charge in [-0.05, 0) is 13.8 Å². The molecule has 10 heteroatoms. The van der Waals surface area contributed by atoms with Gasteiger partial charge in [0, 0.05) is 0 Å². The van der Waals surface area contributed by atoms with Crippen LogP contribution in [0.5, 0.6) is 0 Å². The third-order valence-electron chi connectivity index (χ3n) is 2.35. The van der Waals surface area contributed by atoms with Crippen LogP contribution in [0.25, 0.3) is 0 Å². The summed E-state index contributed by atoms with van der Waals surface area (Å²) in [4.78, 5) is 19.5. The number of nitrogens with one attached hydrogen (secondary N) is 1. The molecule has 17 heavy (non-hydrogen) atoms.